The lowest BCUT2D eigenvalue weighted by molar-refractivity contribution is -0.123. The Bertz CT molecular complexity index is 697. The molecule has 2 aliphatic carbocycles. The SMILES string of the molecule is CC1CCC(C(=O)N(c2cc(CCC3CCCCC3)sc2C(=O)O)C(C)C)CC1. The lowest BCUT2D eigenvalue weighted by Crippen LogP contribution is -2.42. The maximum absolute atomic E-state index is 13.4. The van der Waals surface area contributed by atoms with E-state index < -0.39 is 5.97 Å². The van der Waals surface area contributed by atoms with Crippen LogP contribution in [0.2, 0.25) is 0 Å². The van der Waals surface area contributed by atoms with Crippen LogP contribution in [0.15, 0.2) is 6.07 Å². The van der Waals surface area contributed by atoms with Crippen LogP contribution in [-0.2, 0) is 11.2 Å². The fourth-order valence-electron chi connectivity index (χ4n) is 5.06. The van der Waals surface area contributed by atoms with Gasteiger partial charge in [0.2, 0.25) is 5.91 Å². The molecule has 1 aromatic rings. The number of carboxylic acid groups (broad SMARTS) is 1. The number of amides is 1. The van der Waals surface area contributed by atoms with Crippen molar-refractivity contribution in [1.82, 2.24) is 0 Å². The number of carboxylic acids is 1. The number of thiophene rings is 1. The van der Waals surface area contributed by atoms with E-state index in [2.05, 4.69) is 6.92 Å². The number of hydrogen-bond donors (Lipinski definition) is 1. The molecule has 1 amide bonds. The van der Waals surface area contributed by atoms with E-state index in [9.17, 15) is 14.7 Å². The van der Waals surface area contributed by atoms with Gasteiger partial charge in [-0.1, -0.05) is 39.0 Å². The zero-order chi connectivity index (χ0) is 21.0. The number of carbonyl (C=O) groups excluding carboxylic acids is 1. The first kappa shape index (κ1) is 22.3. The van der Waals surface area contributed by atoms with E-state index in [1.54, 1.807) is 4.90 Å². The molecule has 0 atom stereocenters. The second kappa shape index (κ2) is 10.1. The molecule has 4 nitrogen and oxygen atoms in total. The predicted octanol–water partition coefficient (Wildman–Crippen LogP) is 6.53. The van der Waals surface area contributed by atoms with Gasteiger partial charge in [-0.3, -0.25) is 4.79 Å². The van der Waals surface area contributed by atoms with Crippen molar-refractivity contribution >= 4 is 28.9 Å². The molecule has 2 saturated carbocycles. The molecule has 162 valence electrons. The van der Waals surface area contributed by atoms with Gasteiger partial charge in [0, 0.05) is 16.8 Å². The highest BCUT2D eigenvalue weighted by atomic mass is 32.1. The minimum Gasteiger partial charge on any atom is -0.477 e. The summed E-state index contributed by atoms with van der Waals surface area (Å²) in [5.74, 6) is 0.694. The highest BCUT2D eigenvalue weighted by Gasteiger charge is 2.33. The molecule has 2 fully saturated rings. The highest BCUT2D eigenvalue weighted by Crippen LogP contribution is 2.37. The van der Waals surface area contributed by atoms with E-state index >= 15 is 0 Å². The van der Waals surface area contributed by atoms with Crippen LogP contribution in [0.25, 0.3) is 0 Å². The van der Waals surface area contributed by atoms with Crippen LogP contribution >= 0.6 is 11.3 Å². The van der Waals surface area contributed by atoms with Gasteiger partial charge >= 0.3 is 5.97 Å². The summed E-state index contributed by atoms with van der Waals surface area (Å²) in [5.41, 5.74) is 0.625. The summed E-state index contributed by atoms with van der Waals surface area (Å²) in [6, 6.07) is 1.96. The Kier molecular flexibility index (Phi) is 7.78. The molecule has 0 aliphatic heterocycles. The molecule has 0 bridgehead atoms. The molecule has 3 rings (SSSR count). The summed E-state index contributed by atoms with van der Waals surface area (Å²) in [5, 5.41) is 9.83. The average molecular weight is 420 g/mol. The molecule has 1 N–H and O–H groups in total. The van der Waals surface area contributed by atoms with Crippen LogP contribution < -0.4 is 4.90 Å². The fourth-order valence-corrected chi connectivity index (χ4v) is 6.07. The third-order valence-electron chi connectivity index (χ3n) is 6.86. The smallest absolute Gasteiger partial charge is 0.348 e. The number of hydrogen-bond acceptors (Lipinski definition) is 3. The van der Waals surface area contributed by atoms with Crippen LogP contribution in [0.4, 0.5) is 5.69 Å². The standard InChI is InChI=1S/C24H37NO3S/c1-16(2)25(23(26)19-12-9-17(3)10-13-19)21-15-20(29-22(21)24(27)28)14-11-18-7-5-4-6-8-18/h15-19H,4-14H2,1-3H3,(H,27,28). The first-order chi connectivity index (χ1) is 13.9. The first-order valence-corrected chi connectivity index (χ1v) is 12.4. The third kappa shape index (κ3) is 5.62. The number of nitrogens with zero attached hydrogens (tertiary/aromatic N) is 1. The summed E-state index contributed by atoms with van der Waals surface area (Å²) < 4.78 is 0. The summed E-state index contributed by atoms with van der Waals surface area (Å²) >= 11 is 1.37. The second-order valence-corrected chi connectivity index (χ2v) is 10.7. The maximum Gasteiger partial charge on any atom is 0.348 e. The topological polar surface area (TPSA) is 57.6 Å². The van der Waals surface area contributed by atoms with E-state index in [0.717, 1.165) is 49.3 Å². The molecule has 0 spiro atoms. The summed E-state index contributed by atoms with van der Waals surface area (Å²) in [7, 11) is 0. The van der Waals surface area contributed by atoms with Gasteiger partial charge in [-0.05, 0) is 70.3 Å². The largest absolute Gasteiger partial charge is 0.477 e. The minimum absolute atomic E-state index is 0.0285. The average Bonchev–Trinajstić information content (AvgIpc) is 3.11. The molecule has 0 unspecified atom stereocenters. The Hall–Kier alpha value is -1.36. The number of aryl methyl sites for hydroxylation is 1. The molecule has 5 heteroatoms. The van der Waals surface area contributed by atoms with Crippen molar-refractivity contribution in [2.24, 2.45) is 17.8 Å². The zero-order valence-corrected chi connectivity index (χ0v) is 19.1. The van der Waals surface area contributed by atoms with Crippen molar-refractivity contribution in [3.63, 3.8) is 0 Å². The van der Waals surface area contributed by atoms with Crippen molar-refractivity contribution < 1.29 is 14.7 Å². The Morgan fingerprint density at radius 3 is 2.34 bits per heavy atom. The van der Waals surface area contributed by atoms with Gasteiger partial charge in [0.15, 0.2) is 0 Å². The van der Waals surface area contributed by atoms with Crippen LogP contribution in [0.3, 0.4) is 0 Å². The van der Waals surface area contributed by atoms with Crippen LogP contribution in [0.5, 0.6) is 0 Å². The second-order valence-electron chi connectivity index (χ2n) is 9.53. The molecule has 0 aromatic carbocycles. The monoisotopic (exact) mass is 419 g/mol. The third-order valence-corrected chi connectivity index (χ3v) is 8.03. The minimum atomic E-state index is -0.912. The lowest BCUT2D eigenvalue weighted by atomic mass is 9.82. The fraction of sp³-hybridized carbons (Fsp3) is 0.750. The first-order valence-electron chi connectivity index (χ1n) is 11.6. The highest BCUT2D eigenvalue weighted by molar-refractivity contribution is 7.14. The normalized spacial score (nSPS) is 23.3. The van der Waals surface area contributed by atoms with E-state index in [0.29, 0.717) is 16.5 Å². The molecular formula is C24H37NO3S. The van der Waals surface area contributed by atoms with Crippen molar-refractivity contribution in [1.29, 1.82) is 0 Å². The molecule has 29 heavy (non-hydrogen) atoms. The van der Waals surface area contributed by atoms with Crippen molar-refractivity contribution in [3.05, 3.63) is 15.8 Å². The van der Waals surface area contributed by atoms with Gasteiger partial charge in [-0.25, -0.2) is 4.79 Å². The molecule has 1 heterocycles. The van der Waals surface area contributed by atoms with E-state index in [-0.39, 0.29) is 17.9 Å². The number of anilines is 1. The summed E-state index contributed by atoms with van der Waals surface area (Å²) in [6.45, 7) is 6.24. The van der Waals surface area contributed by atoms with E-state index in [1.807, 2.05) is 19.9 Å². The Morgan fingerprint density at radius 1 is 1.10 bits per heavy atom. The molecule has 2 aliphatic rings. The Labute approximate surface area is 179 Å². The zero-order valence-electron chi connectivity index (χ0n) is 18.3. The number of aromatic carboxylic acids is 1. The molecule has 0 saturated heterocycles. The predicted molar refractivity (Wildman–Crippen MR) is 120 cm³/mol. The van der Waals surface area contributed by atoms with E-state index in [1.165, 1.54) is 43.4 Å². The van der Waals surface area contributed by atoms with Gasteiger partial charge in [0.05, 0.1) is 5.69 Å². The molecule has 0 radical (unpaired) electrons. The Morgan fingerprint density at radius 2 is 1.76 bits per heavy atom. The van der Waals surface area contributed by atoms with Crippen molar-refractivity contribution in [2.45, 2.75) is 97.4 Å². The number of rotatable bonds is 7. The van der Waals surface area contributed by atoms with Crippen molar-refractivity contribution in [3.8, 4) is 0 Å². The van der Waals surface area contributed by atoms with Gasteiger partial charge in [0.25, 0.3) is 0 Å². The lowest BCUT2D eigenvalue weighted by Gasteiger charge is -2.33. The van der Waals surface area contributed by atoms with Crippen LogP contribution in [0, 0.1) is 17.8 Å². The van der Waals surface area contributed by atoms with Gasteiger partial charge in [0.1, 0.15) is 4.88 Å². The van der Waals surface area contributed by atoms with Gasteiger partial charge in [-0.15, -0.1) is 11.3 Å². The number of carbonyl (C=O) groups is 2. The van der Waals surface area contributed by atoms with Gasteiger partial charge in [-0.2, -0.15) is 0 Å². The van der Waals surface area contributed by atoms with Crippen LogP contribution in [-0.4, -0.2) is 23.0 Å². The molecular weight excluding hydrogens is 382 g/mol. The van der Waals surface area contributed by atoms with E-state index in [4.69, 9.17) is 0 Å². The van der Waals surface area contributed by atoms with Crippen molar-refractivity contribution in [2.75, 3.05) is 4.90 Å². The maximum atomic E-state index is 13.4. The summed E-state index contributed by atoms with van der Waals surface area (Å²) in [6.07, 6.45) is 12.7. The Balaban J connectivity index is 1.78. The summed E-state index contributed by atoms with van der Waals surface area (Å²) in [4.78, 5) is 28.6. The molecule has 1 aromatic heterocycles. The quantitative estimate of drug-likeness (QED) is 0.547. The van der Waals surface area contributed by atoms with Crippen LogP contribution in [0.1, 0.15) is 99.5 Å². The van der Waals surface area contributed by atoms with Gasteiger partial charge < -0.3 is 10.0 Å².